The lowest BCUT2D eigenvalue weighted by molar-refractivity contribution is 0.444. The summed E-state index contributed by atoms with van der Waals surface area (Å²) in [5.41, 5.74) is 0.701. The molecule has 2 rings (SSSR count). The Morgan fingerprint density at radius 1 is 1.35 bits per heavy atom. The van der Waals surface area contributed by atoms with E-state index in [1.54, 1.807) is 12.3 Å². The Hall–Kier alpha value is -1.16. The minimum absolute atomic E-state index is 0.0850. The van der Waals surface area contributed by atoms with Crippen molar-refractivity contribution in [2.45, 2.75) is 32.4 Å². The first-order valence-electron chi connectivity index (χ1n) is 6.49. The van der Waals surface area contributed by atoms with Crippen LogP contribution < -0.4 is 5.32 Å². The van der Waals surface area contributed by atoms with Crippen molar-refractivity contribution in [3.8, 4) is 5.75 Å². The summed E-state index contributed by atoms with van der Waals surface area (Å²) in [5.74, 6) is 1.06. The smallest absolute Gasteiger partial charge is 0.138 e. The Morgan fingerprint density at radius 2 is 2.15 bits per heavy atom. The lowest BCUT2D eigenvalue weighted by atomic mass is 10.1. The zero-order valence-electron chi connectivity index (χ0n) is 11.2. The van der Waals surface area contributed by atoms with Gasteiger partial charge in [-0.05, 0) is 37.6 Å². The van der Waals surface area contributed by atoms with Gasteiger partial charge in [-0.15, -0.1) is 0 Å². The Kier molecular flexibility index (Phi) is 5.35. The molecule has 3 nitrogen and oxygen atoms in total. The van der Waals surface area contributed by atoms with Crippen LogP contribution in [0.4, 0.5) is 0 Å². The van der Waals surface area contributed by atoms with Crippen LogP contribution in [0.15, 0.2) is 34.9 Å². The molecule has 2 aromatic rings. The van der Waals surface area contributed by atoms with Crippen LogP contribution in [-0.2, 0) is 13.0 Å². The highest BCUT2D eigenvalue weighted by molar-refractivity contribution is 6.35. The second-order valence-electron chi connectivity index (χ2n) is 4.80. The van der Waals surface area contributed by atoms with Crippen LogP contribution in [0.3, 0.4) is 0 Å². The molecule has 0 aliphatic carbocycles. The van der Waals surface area contributed by atoms with E-state index in [9.17, 15) is 5.11 Å². The minimum atomic E-state index is 0.0850. The van der Waals surface area contributed by atoms with E-state index in [-0.39, 0.29) is 16.8 Å². The second kappa shape index (κ2) is 7.02. The van der Waals surface area contributed by atoms with Gasteiger partial charge >= 0.3 is 0 Å². The first-order chi connectivity index (χ1) is 9.56. The molecule has 0 amide bonds. The molecule has 0 radical (unpaired) electrons. The standard InChI is InChI=1S/C15H17Cl2NO2/c1-10(4-5-13-3-2-6-20-13)18-9-11-7-12(16)8-14(17)15(11)19/h2-3,6-8,10,18-19H,4-5,9H2,1H3. The largest absolute Gasteiger partial charge is 0.506 e. The van der Waals surface area contributed by atoms with Gasteiger partial charge in [0.05, 0.1) is 11.3 Å². The van der Waals surface area contributed by atoms with E-state index in [0.717, 1.165) is 18.6 Å². The molecule has 0 aliphatic heterocycles. The normalized spacial score (nSPS) is 12.6. The summed E-state index contributed by atoms with van der Waals surface area (Å²) in [6.07, 6.45) is 3.51. The first kappa shape index (κ1) is 15.2. The van der Waals surface area contributed by atoms with Crippen LogP contribution in [0.5, 0.6) is 5.75 Å². The van der Waals surface area contributed by atoms with E-state index in [0.29, 0.717) is 17.1 Å². The van der Waals surface area contributed by atoms with Gasteiger partial charge in [0, 0.05) is 29.6 Å². The number of nitrogens with one attached hydrogen (secondary N) is 1. The Morgan fingerprint density at radius 3 is 2.85 bits per heavy atom. The number of benzene rings is 1. The number of halogens is 2. The predicted molar refractivity (Wildman–Crippen MR) is 81.5 cm³/mol. The number of rotatable bonds is 6. The number of phenols is 1. The van der Waals surface area contributed by atoms with Gasteiger partial charge in [0.1, 0.15) is 11.5 Å². The molecule has 1 unspecified atom stereocenters. The zero-order valence-corrected chi connectivity index (χ0v) is 12.7. The van der Waals surface area contributed by atoms with Gasteiger partial charge in [-0.3, -0.25) is 0 Å². The van der Waals surface area contributed by atoms with E-state index in [1.807, 2.05) is 12.1 Å². The van der Waals surface area contributed by atoms with E-state index in [1.165, 1.54) is 6.07 Å². The number of aryl methyl sites for hydroxylation is 1. The minimum Gasteiger partial charge on any atom is -0.506 e. The van der Waals surface area contributed by atoms with Gasteiger partial charge in [-0.2, -0.15) is 0 Å². The quantitative estimate of drug-likeness (QED) is 0.830. The summed E-state index contributed by atoms with van der Waals surface area (Å²) in [4.78, 5) is 0. The molecule has 20 heavy (non-hydrogen) atoms. The van der Waals surface area contributed by atoms with Crippen molar-refractivity contribution in [2.24, 2.45) is 0 Å². The molecular formula is C15H17Cl2NO2. The van der Waals surface area contributed by atoms with Gasteiger partial charge in [-0.25, -0.2) is 0 Å². The number of phenolic OH excluding ortho intramolecular Hbond substituents is 1. The number of furan rings is 1. The Labute approximate surface area is 128 Å². The van der Waals surface area contributed by atoms with Crippen LogP contribution in [0, 0.1) is 0 Å². The first-order valence-corrected chi connectivity index (χ1v) is 7.24. The number of aromatic hydroxyl groups is 1. The molecule has 5 heteroatoms. The van der Waals surface area contributed by atoms with Gasteiger partial charge in [0.15, 0.2) is 0 Å². The molecule has 1 aromatic heterocycles. The molecule has 2 N–H and O–H groups in total. The predicted octanol–water partition coefficient (Wildman–Crippen LogP) is 4.40. The summed E-state index contributed by atoms with van der Waals surface area (Å²) in [7, 11) is 0. The summed E-state index contributed by atoms with van der Waals surface area (Å²) < 4.78 is 5.29. The molecule has 0 aliphatic rings. The van der Waals surface area contributed by atoms with Gasteiger partial charge in [0.25, 0.3) is 0 Å². The third-order valence-electron chi connectivity index (χ3n) is 3.15. The van der Waals surface area contributed by atoms with Crippen molar-refractivity contribution >= 4 is 23.2 Å². The fourth-order valence-corrected chi connectivity index (χ4v) is 2.49. The maximum atomic E-state index is 9.87. The van der Waals surface area contributed by atoms with Crippen molar-refractivity contribution in [3.63, 3.8) is 0 Å². The summed E-state index contributed by atoms with van der Waals surface area (Å²) in [5, 5.41) is 14.0. The Bertz CT molecular complexity index is 555. The highest BCUT2D eigenvalue weighted by Crippen LogP contribution is 2.31. The monoisotopic (exact) mass is 313 g/mol. The number of hydrogen-bond acceptors (Lipinski definition) is 3. The molecule has 1 heterocycles. The molecule has 1 atom stereocenters. The molecule has 1 aromatic carbocycles. The molecule has 0 bridgehead atoms. The zero-order chi connectivity index (χ0) is 14.5. The maximum absolute atomic E-state index is 9.87. The van der Waals surface area contributed by atoms with Gasteiger partial charge < -0.3 is 14.8 Å². The molecule has 0 spiro atoms. The molecule has 0 saturated carbocycles. The van der Waals surface area contributed by atoms with Crippen molar-refractivity contribution in [3.05, 3.63) is 51.9 Å². The van der Waals surface area contributed by atoms with Crippen molar-refractivity contribution in [2.75, 3.05) is 0 Å². The van der Waals surface area contributed by atoms with Crippen LogP contribution in [0.25, 0.3) is 0 Å². The van der Waals surface area contributed by atoms with Gasteiger partial charge in [0.2, 0.25) is 0 Å². The van der Waals surface area contributed by atoms with Gasteiger partial charge in [-0.1, -0.05) is 23.2 Å². The summed E-state index contributed by atoms with van der Waals surface area (Å²) in [6, 6.07) is 7.39. The van der Waals surface area contributed by atoms with E-state index in [2.05, 4.69) is 12.2 Å². The van der Waals surface area contributed by atoms with Crippen LogP contribution in [0.1, 0.15) is 24.7 Å². The molecule has 108 valence electrons. The fraction of sp³-hybridized carbons (Fsp3) is 0.333. The van der Waals surface area contributed by atoms with Crippen LogP contribution >= 0.6 is 23.2 Å². The lowest BCUT2D eigenvalue weighted by Gasteiger charge is -2.14. The van der Waals surface area contributed by atoms with Crippen molar-refractivity contribution in [1.29, 1.82) is 0 Å². The lowest BCUT2D eigenvalue weighted by Crippen LogP contribution is -2.26. The summed E-state index contributed by atoms with van der Waals surface area (Å²) in [6.45, 7) is 2.61. The van der Waals surface area contributed by atoms with E-state index < -0.39 is 0 Å². The highest BCUT2D eigenvalue weighted by atomic mass is 35.5. The molecular weight excluding hydrogens is 297 g/mol. The fourth-order valence-electron chi connectivity index (χ4n) is 1.95. The van der Waals surface area contributed by atoms with Crippen molar-refractivity contribution in [1.82, 2.24) is 5.32 Å². The molecule has 0 fully saturated rings. The molecule has 0 saturated heterocycles. The highest BCUT2D eigenvalue weighted by Gasteiger charge is 2.10. The average molecular weight is 314 g/mol. The third-order valence-corrected chi connectivity index (χ3v) is 3.66. The number of hydrogen-bond donors (Lipinski definition) is 2. The topological polar surface area (TPSA) is 45.4 Å². The third kappa shape index (κ3) is 4.17. The van der Waals surface area contributed by atoms with Crippen molar-refractivity contribution < 1.29 is 9.52 Å². The van der Waals surface area contributed by atoms with E-state index in [4.69, 9.17) is 27.6 Å². The Balaban J connectivity index is 1.85. The average Bonchev–Trinajstić information content (AvgIpc) is 2.92. The van der Waals surface area contributed by atoms with Crippen LogP contribution in [0.2, 0.25) is 10.0 Å². The summed E-state index contributed by atoms with van der Waals surface area (Å²) >= 11 is 11.8. The van der Waals surface area contributed by atoms with E-state index >= 15 is 0 Å². The van der Waals surface area contributed by atoms with Crippen LogP contribution in [-0.4, -0.2) is 11.1 Å². The maximum Gasteiger partial charge on any atom is 0.138 e. The second-order valence-corrected chi connectivity index (χ2v) is 5.64. The SMILES string of the molecule is CC(CCc1ccco1)NCc1cc(Cl)cc(Cl)c1O.